The third-order valence-corrected chi connectivity index (χ3v) is 4.80. The lowest BCUT2D eigenvalue weighted by Gasteiger charge is -2.35. The van der Waals surface area contributed by atoms with Gasteiger partial charge in [-0.3, -0.25) is 4.90 Å². The highest BCUT2D eigenvalue weighted by molar-refractivity contribution is 5.59. The van der Waals surface area contributed by atoms with Gasteiger partial charge in [-0.25, -0.2) is 14.4 Å². The van der Waals surface area contributed by atoms with Gasteiger partial charge >= 0.3 is 0 Å². The standard InChI is InChI=1S/C19H25FN4O3/c1-13-9-16(25-2)18(27-4)17(26-3)15(13)12-23-5-7-24(8-6-23)19-21-10-14(20)11-22-19/h9-11H,5-8,12H2,1-4H3. The maximum absolute atomic E-state index is 13.0. The molecule has 1 saturated heterocycles. The average molecular weight is 376 g/mol. The molecular formula is C19H25FN4O3. The Kier molecular flexibility index (Phi) is 5.95. The summed E-state index contributed by atoms with van der Waals surface area (Å²) in [5.41, 5.74) is 2.18. The molecule has 1 aliphatic heterocycles. The van der Waals surface area contributed by atoms with Gasteiger partial charge in [-0.15, -0.1) is 0 Å². The summed E-state index contributed by atoms with van der Waals surface area (Å²) in [6, 6.07) is 1.97. The molecule has 0 radical (unpaired) electrons. The second kappa shape index (κ2) is 8.39. The number of aromatic nitrogens is 2. The van der Waals surface area contributed by atoms with Gasteiger partial charge in [-0.1, -0.05) is 0 Å². The molecule has 7 nitrogen and oxygen atoms in total. The first-order valence-corrected chi connectivity index (χ1v) is 8.80. The fourth-order valence-electron chi connectivity index (χ4n) is 3.33. The van der Waals surface area contributed by atoms with E-state index in [-0.39, 0.29) is 0 Å². The minimum Gasteiger partial charge on any atom is -0.493 e. The van der Waals surface area contributed by atoms with E-state index in [0.717, 1.165) is 43.9 Å². The molecule has 0 aliphatic carbocycles. The van der Waals surface area contributed by atoms with Crippen LogP contribution in [0.5, 0.6) is 17.2 Å². The fraction of sp³-hybridized carbons (Fsp3) is 0.474. The molecule has 0 atom stereocenters. The molecule has 2 heterocycles. The maximum Gasteiger partial charge on any atom is 0.225 e. The van der Waals surface area contributed by atoms with Crippen LogP contribution >= 0.6 is 0 Å². The molecule has 0 N–H and O–H groups in total. The minimum absolute atomic E-state index is 0.423. The van der Waals surface area contributed by atoms with E-state index in [0.29, 0.717) is 23.2 Å². The number of ether oxygens (including phenoxy) is 3. The SMILES string of the molecule is COc1cc(C)c(CN2CCN(c3ncc(F)cn3)CC2)c(OC)c1OC. The summed E-state index contributed by atoms with van der Waals surface area (Å²) < 4.78 is 29.6. The van der Waals surface area contributed by atoms with Crippen molar-refractivity contribution in [3.8, 4) is 17.2 Å². The van der Waals surface area contributed by atoms with E-state index in [4.69, 9.17) is 14.2 Å². The monoisotopic (exact) mass is 376 g/mol. The van der Waals surface area contributed by atoms with Crippen LogP contribution in [-0.4, -0.2) is 62.4 Å². The molecule has 8 heteroatoms. The first kappa shape index (κ1) is 19.2. The van der Waals surface area contributed by atoms with Crippen LogP contribution in [-0.2, 0) is 6.54 Å². The molecule has 27 heavy (non-hydrogen) atoms. The molecule has 3 rings (SSSR count). The van der Waals surface area contributed by atoms with E-state index in [1.54, 1.807) is 21.3 Å². The van der Waals surface area contributed by atoms with E-state index in [1.807, 2.05) is 13.0 Å². The van der Waals surface area contributed by atoms with Crippen LogP contribution in [0.25, 0.3) is 0 Å². The second-order valence-corrected chi connectivity index (χ2v) is 6.41. The van der Waals surface area contributed by atoms with Crippen LogP contribution in [0.15, 0.2) is 18.5 Å². The normalized spacial score (nSPS) is 14.9. The summed E-state index contributed by atoms with van der Waals surface area (Å²) in [6.45, 7) is 6.03. The van der Waals surface area contributed by atoms with Gasteiger partial charge < -0.3 is 19.1 Å². The van der Waals surface area contributed by atoms with Crippen LogP contribution in [0, 0.1) is 12.7 Å². The molecule has 2 aromatic rings. The van der Waals surface area contributed by atoms with Gasteiger partial charge in [0.25, 0.3) is 0 Å². The Morgan fingerprint density at radius 1 is 0.963 bits per heavy atom. The fourth-order valence-corrected chi connectivity index (χ4v) is 3.33. The summed E-state index contributed by atoms with van der Waals surface area (Å²) >= 11 is 0. The van der Waals surface area contributed by atoms with Crippen LogP contribution in [0.3, 0.4) is 0 Å². The second-order valence-electron chi connectivity index (χ2n) is 6.41. The molecule has 146 valence electrons. The molecule has 0 spiro atoms. The van der Waals surface area contributed by atoms with E-state index < -0.39 is 5.82 Å². The number of nitrogens with zero attached hydrogens (tertiary/aromatic N) is 4. The van der Waals surface area contributed by atoms with Crippen LogP contribution in [0.4, 0.5) is 10.3 Å². The van der Waals surface area contributed by atoms with E-state index in [9.17, 15) is 4.39 Å². The highest BCUT2D eigenvalue weighted by Gasteiger charge is 2.24. The number of hydrogen-bond donors (Lipinski definition) is 0. The van der Waals surface area contributed by atoms with Gasteiger partial charge in [0.05, 0.1) is 33.7 Å². The lowest BCUT2D eigenvalue weighted by molar-refractivity contribution is 0.242. The van der Waals surface area contributed by atoms with Crippen molar-refractivity contribution in [3.05, 3.63) is 35.4 Å². The quantitative estimate of drug-likeness (QED) is 0.766. The average Bonchev–Trinajstić information content (AvgIpc) is 2.70. The third-order valence-electron chi connectivity index (χ3n) is 4.80. The zero-order valence-corrected chi connectivity index (χ0v) is 16.2. The van der Waals surface area contributed by atoms with Crippen molar-refractivity contribution in [1.29, 1.82) is 0 Å². The molecule has 1 fully saturated rings. The van der Waals surface area contributed by atoms with E-state index >= 15 is 0 Å². The minimum atomic E-state index is -0.423. The molecule has 1 aromatic heterocycles. The number of anilines is 1. The highest BCUT2D eigenvalue weighted by atomic mass is 19.1. The van der Waals surface area contributed by atoms with Gasteiger partial charge in [0.15, 0.2) is 17.3 Å². The van der Waals surface area contributed by atoms with Crippen LogP contribution in [0.1, 0.15) is 11.1 Å². The molecule has 1 aromatic carbocycles. The largest absolute Gasteiger partial charge is 0.493 e. The summed E-state index contributed by atoms with van der Waals surface area (Å²) in [4.78, 5) is 12.5. The van der Waals surface area contributed by atoms with E-state index in [1.165, 1.54) is 12.4 Å². The van der Waals surface area contributed by atoms with Crippen molar-refractivity contribution in [3.63, 3.8) is 0 Å². The lowest BCUT2D eigenvalue weighted by atomic mass is 10.0. The first-order chi connectivity index (χ1) is 13.1. The predicted molar refractivity (Wildman–Crippen MR) is 100 cm³/mol. The summed E-state index contributed by atoms with van der Waals surface area (Å²) in [6.07, 6.45) is 2.40. The Hall–Kier alpha value is -2.61. The topological polar surface area (TPSA) is 60.0 Å². The van der Waals surface area contributed by atoms with Crippen LogP contribution in [0.2, 0.25) is 0 Å². The number of benzene rings is 1. The highest BCUT2D eigenvalue weighted by Crippen LogP contribution is 2.42. The lowest BCUT2D eigenvalue weighted by Crippen LogP contribution is -2.46. The molecule has 1 aliphatic rings. The van der Waals surface area contributed by atoms with Gasteiger partial charge in [-0.2, -0.15) is 0 Å². The Bertz CT molecular complexity index is 778. The van der Waals surface area contributed by atoms with Crippen molar-refractivity contribution < 1.29 is 18.6 Å². The zero-order valence-electron chi connectivity index (χ0n) is 16.2. The van der Waals surface area contributed by atoms with Gasteiger partial charge in [0, 0.05) is 38.3 Å². The zero-order chi connectivity index (χ0) is 19.4. The molecule has 0 amide bonds. The number of hydrogen-bond acceptors (Lipinski definition) is 7. The van der Waals surface area contributed by atoms with Gasteiger partial charge in [0.2, 0.25) is 11.7 Å². The van der Waals surface area contributed by atoms with Gasteiger partial charge in [0.1, 0.15) is 0 Å². The smallest absolute Gasteiger partial charge is 0.225 e. The number of aryl methyl sites for hydroxylation is 1. The van der Waals surface area contributed by atoms with Crippen molar-refractivity contribution in [2.24, 2.45) is 0 Å². The maximum atomic E-state index is 13.0. The number of halogens is 1. The third kappa shape index (κ3) is 4.05. The number of piperazine rings is 1. The Balaban J connectivity index is 1.72. The van der Waals surface area contributed by atoms with Crippen molar-refractivity contribution in [1.82, 2.24) is 14.9 Å². The molecular weight excluding hydrogens is 351 g/mol. The molecule has 0 unspecified atom stereocenters. The number of rotatable bonds is 6. The number of methoxy groups -OCH3 is 3. The van der Waals surface area contributed by atoms with Crippen molar-refractivity contribution in [2.45, 2.75) is 13.5 Å². The Morgan fingerprint density at radius 3 is 2.15 bits per heavy atom. The Morgan fingerprint density at radius 2 is 1.59 bits per heavy atom. The predicted octanol–water partition coefficient (Wildman–Crippen LogP) is 2.27. The Labute approximate surface area is 158 Å². The molecule has 0 saturated carbocycles. The van der Waals surface area contributed by atoms with Crippen molar-refractivity contribution >= 4 is 5.95 Å². The van der Waals surface area contributed by atoms with Gasteiger partial charge in [-0.05, 0) is 18.6 Å². The van der Waals surface area contributed by atoms with E-state index in [2.05, 4.69) is 19.8 Å². The van der Waals surface area contributed by atoms with Crippen molar-refractivity contribution in [2.75, 3.05) is 52.4 Å². The van der Waals surface area contributed by atoms with Crippen LogP contribution < -0.4 is 19.1 Å². The summed E-state index contributed by atoms with van der Waals surface area (Å²) in [5, 5.41) is 0. The molecule has 0 bridgehead atoms. The summed E-state index contributed by atoms with van der Waals surface area (Å²) in [5.74, 6) is 2.12. The first-order valence-electron chi connectivity index (χ1n) is 8.80. The summed E-state index contributed by atoms with van der Waals surface area (Å²) in [7, 11) is 4.87.